The van der Waals surface area contributed by atoms with Crippen LogP contribution in [0.5, 0.6) is 23.0 Å². The number of hydrogen-bond acceptors (Lipinski definition) is 5. The molecule has 7 heteroatoms. The molecule has 30 heavy (non-hydrogen) atoms. The summed E-state index contributed by atoms with van der Waals surface area (Å²) in [7, 11) is 4.59. The van der Waals surface area contributed by atoms with E-state index >= 15 is 0 Å². The van der Waals surface area contributed by atoms with Crippen molar-refractivity contribution in [1.82, 2.24) is 0 Å². The van der Waals surface area contributed by atoms with Gasteiger partial charge in [0.25, 0.3) is 0 Å². The fourth-order valence-electron chi connectivity index (χ4n) is 3.00. The molecule has 0 heterocycles. The minimum atomic E-state index is -0.0459. The molecule has 0 saturated heterocycles. The summed E-state index contributed by atoms with van der Waals surface area (Å²) in [5.74, 6) is 2.32. The van der Waals surface area contributed by atoms with Crippen LogP contribution in [0.3, 0.4) is 0 Å². The first kappa shape index (κ1) is 26.4. The molecule has 0 amide bonds. The number of carbonyl (C=O) groups excluding carboxylic acids is 1. The van der Waals surface area contributed by atoms with Gasteiger partial charge in [-0.05, 0) is 44.9 Å². The molecule has 0 saturated carbocycles. The second kappa shape index (κ2) is 13.6. The van der Waals surface area contributed by atoms with Crippen molar-refractivity contribution < 1.29 is 23.7 Å². The Bertz CT molecular complexity index is 800. The monoisotopic (exact) mass is 425 g/mol. The van der Waals surface area contributed by atoms with Crippen LogP contribution in [0.4, 0.5) is 0 Å². The third-order valence-corrected chi connectivity index (χ3v) is 5.96. The average molecular weight is 425 g/mol. The van der Waals surface area contributed by atoms with Crippen LogP contribution < -0.4 is 24.3 Å². The summed E-state index contributed by atoms with van der Waals surface area (Å²) in [5, 5.41) is 0.980. The molecule has 0 aliphatic heterocycles. The first-order valence-corrected chi connectivity index (χ1v) is 10.9. The molecule has 0 aliphatic rings. The summed E-state index contributed by atoms with van der Waals surface area (Å²) in [4.78, 5) is 13.1. The molecular weight excluding hydrogens is 394 g/mol. The van der Waals surface area contributed by atoms with Crippen molar-refractivity contribution in [2.75, 3.05) is 27.9 Å². The van der Waals surface area contributed by atoms with Gasteiger partial charge in [0.1, 0.15) is 28.6 Å². The number of aryl methyl sites for hydroxylation is 1. The SMILES string of the molecule is CCCCCCOc1ccc(PC(=O)c2c(OC)cc(OC)cc2OC)c(C)c1.[Li]. The minimum Gasteiger partial charge on any atom is -0.496 e. The van der Waals surface area contributed by atoms with Gasteiger partial charge in [0.05, 0.1) is 27.9 Å². The predicted molar refractivity (Wildman–Crippen MR) is 125 cm³/mol. The van der Waals surface area contributed by atoms with Crippen molar-refractivity contribution in [2.45, 2.75) is 39.5 Å². The van der Waals surface area contributed by atoms with E-state index < -0.39 is 0 Å². The molecule has 2 aromatic carbocycles. The quantitative estimate of drug-likeness (QED) is 0.279. The van der Waals surface area contributed by atoms with Crippen LogP contribution in [0.15, 0.2) is 30.3 Å². The summed E-state index contributed by atoms with van der Waals surface area (Å²) < 4.78 is 21.9. The number of unbranched alkanes of at least 4 members (excludes halogenated alkanes) is 3. The van der Waals surface area contributed by atoms with Crippen LogP contribution in [-0.4, -0.2) is 52.3 Å². The molecule has 0 aliphatic carbocycles. The maximum Gasteiger partial charge on any atom is 0.193 e. The van der Waals surface area contributed by atoms with Crippen LogP contribution in [-0.2, 0) is 0 Å². The van der Waals surface area contributed by atoms with Gasteiger partial charge in [0.2, 0.25) is 0 Å². The summed E-state index contributed by atoms with van der Waals surface area (Å²) >= 11 is 0. The molecular formula is C23H31LiO5P. The molecule has 0 bridgehead atoms. The number of methoxy groups -OCH3 is 3. The summed E-state index contributed by atoms with van der Waals surface area (Å²) in [5.41, 5.74) is 1.43. The van der Waals surface area contributed by atoms with E-state index in [0.29, 0.717) is 22.8 Å². The second-order valence-electron chi connectivity index (χ2n) is 6.75. The van der Waals surface area contributed by atoms with Crippen molar-refractivity contribution in [3.05, 3.63) is 41.5 Å². The van der Waals surface area contributed by atoms with Crippen molar-refractivity contribution in [3.63, 3.8) is 0 Å². The van der Waals surface area contributed by atoms with E-state index in [1.165, 1.54) is 33.5 Å². The van der Waals surface area contributed by atoms with Gasteiger partial charge in [0.15, 0.2) is 5.52 Å². The van der Waals surface area contributed by atoms with Gasteiger partial charge >= 0.3 is 0 Å². The molecule has 1 radical (unpaired) electrons. The average Bonchev–Trinajstić information content (AvgIpc) is 2.74. The topological polar surface area (TPSA) is 54.0 Å². The van der Waals surface area contributed by atoms with Gasteiger partial charge in [-0.25, -0.2) is 0 Å². The number of ether oxygens (including phenoxy) is 4. The van der Waals surface area contributed by atoms with Crippen LogP contribution in [0, 0.1) is 6.92 Å². The number of rotatable bonds is 12. The Morgan fingerprint density at radius 3 is 2.10 bits per heavy atom. The van der Waals surface area contributed by atoms with Crippen molar-refractivity contribution in [3.8, 4) is 23.0 Å². The van der Waals surface area contributed by atoms with Crippen molar-refractivity contribution in [2.24, 2.45) is 0 Å². The van der Waals surface area contributed by atoms with Gasteiger partial charge in [0, 0.05) is 31.0 Å². The Labute approximate surface area is 193 Å². The van der Waals surface area contributed by atoms with Gasteiger partial charge in [-0.15, -0.1) is 0 Å². The summed E-state index contributed by atoms with van der Waals surface area (Å²) in [6.07, 6.45) is 4.70. The minimum absolute atomic E-state index is 0. The molecule has 0 fully saturated rings. The zero-order valence-corrected chi connectivity index (χ0v) is 20.0. The largest absolute Gasteiger partial charge is 0.496 e. The van der Waals surface area contributed by atoms with E-state index in [4.69, 9.17) is 18.9 Å². The molecule has 2 rings (SSSR count). The number of hydrogen-bond donors (Lipinski definition) is 0. The Hall–Kier alpha value is -1.66. The van der Waals surface area contributed by atoms with Crippen LogP contribution >= 0.6 is 8.58 Å². The standard InChI is InChI=1S/C23H31O5P.Li/c1-6-7-8-9-12-28-17-10-11-21(16(2)13-17)29-23(24)22-19(26-4)14-18(25-3)15-20(22)27-5;/h10-11,13-15,29H,6-9,12H2,1-5H3;. The zero-order valence-electron chi connectivity index (χ0n) is 19.0. The Kier molecular flexibility index (Phi) is 12.0. The molecule has 0 N–H and O–H groups in total. The molecule has 1 atom stereocenters. The summed E-state index contributed by atoms with van der Waals surface area (Å²) in [6.45, 7) is 4.92. The maximum atomic E-state index is 13.1. The predicted octanol–water partition coefficient (Wildman–Crippen LogP) is 4.74. The number of benzene rings is 2. The van der Waals surface area contributed by atoms with E-state index in [2.05, 4.69) is 6.92 Å². The maximum absolute atomic E-state index is 13.1. The van der Waals surface area contributed by atoms with Gasteiger partial charge in [-0.3, -0.25) is 4.79 Å². The normalized spacial score (nSPS) is 10.6. The molecule has 5 nitrogen and oxygen atoms in total. The third kappa shape index (κ3) is 7.24. The fourth-order valence-corrected chi connectivity index (χ4v) is 4.05. The van der Waals surface area contributed by atoms with E-state index in [0.717, 1.165) is 29.6 Å². The molecule has 0 spiro atoms. The van der Waals surface area contributed by atoms with E-state index in [9.17, 15) is 4.79 Å². The van der Waals surface area contributed by atoms with Crippen LogP contribution in [0.25, 0.3) is 0 Å². The third-order valence-electron chi connectivity index (χ3n) is 4.65. The van der Waals surface area contributed by atoms with Gasteiger partial charge < -0.3 is 18.9 Å². The molecule has 0 aromatic heterocycles. The van der Waals surface area contributed by atoms with E-state index in [-0.39, 0.29) is 33.0 Å². The van der Waals surface area contributed by atoms with Gasteiger partial charge in [-0.1, -0.05) is 32.3 Å². The first-order valence-electron chi connectivity index (χ1n) is 9.88. The van der Waals surface area contributed by atoms with Crippen molar-refractivity contribution in [1.29, 1.82) is 0 Å². The smallest absolute Gasteiger partial charge is 0.193 e. The van der Waals surface area contributed by atoms with Crippen LogP contribution in [0.2, 0.25) is 0 Å². The summed E-state index contributed by atoms with van der Waals surface area (Å²) in [6, 6.07) is 9.30. The molecule has 2 aromatic rings. The molecule has 159 valence electrons. The Morgan fingerprint density at radius 1 is 0.900 bits per heavy atom. The van der Waals surface area contributed by atoms with E-state index in [1.807, 2.05) is 25.1 Å². The first-order chi connectivity index (χ1) is 14.0. The number of carbonyl (C=O) groups is 1. The van der Waals surface area contributed by atoms with Gasteiger partial charge in [-0.2, -0.15) is 0 Å². The Morgan fingerprint density at radius 2 is 1.57 bits per heavy atom. The molecule has 1 unspecified atom stereocenters. The van der Waals surface area contributed by atoms with E-state index in [1.54, 1.807) is 19.2 Å². The van der Waals surface area contributed by atoms with Crippen LogP contribution in [0.1, 0.15) is 48.5 Å². The second-order valence-corrected chi connectivity index (χ2v) is 7.99. The van der Waals surface area contributed by atoms with Crippen molar-refractivity contribution >= 4 is 38.3 Å². The zero-order chi connectivity index (χ0) is 21.2. The Balaban J connectivity index is 0.00000450. The fraction of sp³-hybridized carbons (Fsp3) is 0.435.